The van der Waals surface area contributed by atoms with Crippen molar-refractivity contribution in [2.24, 2.45) is 0 Å². The van der Waals surface area contributed by atoms with Crippen LogP contribution in [0.5, 0.6) is 0 Å². The zero-order valence-electron chi connectivity index (χ0n) is 39.5. The van der Waals surface area contributed by atoms with Gasteiger partial charge in [0.05, 0.1) is 22.8 Å². The highest BCUT2D eigenvalue weighted by molar-refractivity contribution is 6.77. The van der Waals surface area contributed by atoms with Gasteiger partial charge >= 0.3 is 0 Å². The molecule has 0 fully saturated rings. The maximum absolute atomic E-state index is 4.85. The Bertz CT molecular complexity index is 2100. The molecule has 0 aliphatic rings. The zero-order chi connectivity index (χ0) is 44.3. The first kappa shape index (κ1) is 48.1. The number of hydrogen-bond acceptors (Lipinski definition) is 6. The van der Waals surface area contributed by atoms with E-state index in [9.17, 15) is 0 Å². The van der Waals surface area contributed by atoms with E-state index >= 15 is 0 Å². The molecule has 14 heteroatoms. The number of hydrogen-bond donors (Lipinski definition) is 0. The maximum Gasteiger partial charge on any atom is 0.172 e. The molecule has 0 bridgehead atoms. The van der Waals surface area contributed by atoms with E-state index in [1.807, 2.05) is 61.7 Å². The van der Waals surface area contributed by atoms with E-state index in [1.54, 1.807) is 0 Å². The van der Waals surface area contributed by atoms with E-state index < -0.39 is 0 Å². The fourth-order valence-electron chi connectivity index (χ4n) is 6.93. The molecule has 0 unspecified atom stereocenters. The van der Waals surface area contributed by atoms with Crippen molar-refractivity contribution in [3.8, 4) is 33.9 Å². The molecule has 6 heterocycles. The van der Waals surface area contributed by atoms with E-state index in [2.05, 4.69) is 166 Å². The van der Waals surface area contributed by atoms with Crippen LogP contribution in [0.1, 0.15) is 0 Å². The molecular weight excluding hydrogens is 723 g/mol. The minimum Gasteiger partial charge on any atom is -0.265 e. The van der Waals surface area contributed by atoms with Gasteiger partial charge in [-0.2, -0.15) is 0 Å². The van der Waals surface area contributed by atoms with Crippen molar-refractivity contribution in [1.82, 2.24) is 29.9 Å². The van der Waals surface area contributed by atoms with Crippen LogP contribution in [-0.2, 0) is 0 Å². The number of rotatable bonds is 11. The van der Waals surface area contributed by atoms with Crippen molar-refractivity contribution < 1.29 is 0 Å². The summed E-state index contributed by atoms with van der Waals surface area (Å²) < 4.78 is 0. The van der Waals surface area contributed by atoms with Gasteiger partial charge in [0.2, 0.25) is 0 Å². The monoisotopic (exact) mass is 789 g/mol. The molecule has 6 nitrogen and oxygen atoms in total. The first-order valence-corrected chi connectivity index (χ1v) is 22.2. The van der Waals surface area contributed by atoms with Gasteiger partial charge in [-0.05, 0) is 35.4 Å². The van der Waals surface area contributed by atoms with Gasteiger partial charge in [0.15, 0.2) is 53.7 Å². The zero-order valence-corrected chi connectivity index (χ0v) is 39.5. The summed E-state index contributed by atoms with van der Waals surface area (Å²) in [6, 6.07) is 17.2. The second-order valence-electron chi connectivity index (χ2n) is 18.5. The molecule has 302 valence electrons. The maximum atomic E-state index is 4.85. The van der Waals surface area contributed by atoms with Crippen molar-refractivity contribution in [1.29, 1.82) is 0 Å². The second kappa shape index (κ2) is 22.3. The highest BCUT2D eigenvalue weighted by Crippen LogP contribution is 2.16. The third-order valence-electron chi connectivity index (χ3n) is 11.1. The van der Waals surface area contributed by atoms with E-state index in [-0.39, 0.29) is 0 Å². The lowest BCUT2D eigenvalue weighted by Gasteiger charge is -2.18. The van der Waals surface area contributed by atoms with Crippen molar-refractivity contribution in [2.45, 2.75) is 109 Å². The summed E-state index contributed by atoms with van der Waals surface area (Å²) in [7, 11) is 0. The van der Waals surface area contributed by atoms with Crippen molar-refractivity contribution >= 4 is 97.4 Å². The molecule has 6 aromatic rings. The normalized spacial score (nSPS) is 10.3. The topological polar surface area (TPSA) is 77.3 Å². The summed E-state index contributed by atoms with van der Waals surface area (Å²) in [5.74, 6) is 0. The van der Waals surface area contributed by atoms with Gasteiger partial charge in [0.1, 0.15) is 0 Å². The third kappa shape index (κ3) is 12.7. The van der Waals surface area contributed by atoms with Gasteiger partial charge in [-0.25, -0.2) is 0 Å². The second-order valence-corrected chi connectivity index (χ2v) is 18.5. The van der Waals surface area contributed by atoms with Crippen molar-refractivity contribution in [3.63, 3.8) is 0 Å². The van der Waals surface area contributed by atoms with E-state index in [0.29, 0.717) is 53.7 Å². The molecule has 6 rings (SSSR count). The van der Waals surface area contributed by atoms with Crippen LogP contribution >= 0.6 is 0 Å². The van der Waals surface area contributed by atoms with Gasteiger partial charge in [-0.3, -0.25) is 29.9 Å². The highest BCUT2D eigenvalue weighted by atomic mass is 14.8. The van der Waals surface area contributed by atoms with Gasteiger partial charge in [0, 0.05) is 49.6 Å². The van der Waals surface area contributed by atoms with Gasteiger partial charge in [0.25, 0.3) is 0 Å². The largest absolute Gasteiger partial charge is 0.265 e. The average molecular weight is 788 g/mol. The van der Waals surface area contributed by atoms with E-state index in [4.69, 9.17) is 9.97 Å². The van der Waals surface area contributed by atoms with E-state index in [0.717, 1.165) is 22.8 Å². The summed E-state index contributed by atoms with van der Waals surface area (Å²) in [4.78, 5) is 27.2. The molecule has 0 spiro atoms. The van der Waals surface area contributed by atoms with Gasteiger partial charge in [-0.1, -0.05) is 177 Å². The molecule has 0 aliphatic carbocycles. The SMILES string of the molecule is CB(C)c1ccc(-c2ccc(B(C)C)cn2)nc1.CB(C)c1cnc(-c2ncc(B(C)C)cc2B(C)C)c(B(C)C)c1.CB(C)c1cnccc1-c1ccncc1B(C)C. The van der Waals surface area contributed by atoms with Crippen LogP contribution in [0.25, 0.3) is 33.9 Å². The minimum atomic E-state index is 0.429. The summed E-state index contributed by atoms with van der Waals surface area (Å²) in [5.41, 5.74) is 16.9. The lowest BCUT2D eigenvalue weighted by atomic mass is 9.43. The van der Waals surface area contributed by atoms with Crippen LogP contribution in [0.3, 0.4) is 0 Å². The Kier molecular flexibility index (Phi) is 17.9. The Balaban J connectivity index is 0.000000201. The summed E-state index contributed by atoms with van der Waals surface area (Å²) >= 11 is 0. The fraction of sp³-hybridized carbons (Fsp3) is 0.348. The van der Waals surface area contributed by atoms with Crippen LogP contribution in [0.15, 0.2) is 98.1 Å². The fourth-order valence-corrected chi connectivity index (χ4v) is 6.93. The molecule has 0 amide bonds. The van der Waals surface area contributed by atoms with Crippen LogP contribution in [-0.4, -0.2) is 83.6 Å². The predicted molar refractivity (Wildman–Crippen MR) is 279 cm³/mol. The average Bonchev–Trinajstić information content (AvgIpc) is 3.23. The molecule has 0 atom stereocenters. The molecule has 0 radical (unpaired) electrons. The molecule has 0 saturated heterocycles. The van der Waals surface area contributed by atoms with Crippen LogP contribution < -0.4 is 43.7 Å². The van der Waals surface area contributed by atoms with Crippen molar-refractivity contribution in [2.75, 3.05) is 0 Å². The molecule has 60 heavy (non-hydrogen) atoms. The predicted octanol–water partition coefficient (Wildman–Crippen LogP) is 6.12. The standard InChI is InChI=1S/C18H28B4N2.2C14H18B2N2/c1-19(2)13-9-15(21(5)6)17(23-11-13)18-16(22(7)8)10-14(12-24-18)20(3)4;1-15(2)13-9-17-7-5-11(13)12-6-8-18-10-14(12)16(3)4;1-15(2)11-5-7-13(17-9-11)14-8-6-12(10-18-14)16(3)4/h9-12H,1-8H3;2*5-10H,1-4H3. The Morgan fingerprint density at radius 2 is 0.617 bits per heavy atom. The molecule has 0 N–H and O–H groups in total. The van der Waals surface area contributed by atoms with Crippen LogP contribution in [0.4, 0.5) is 0 Å². The van der Waals surface area contributed by atoms with E-state index in [1.165, 1.54) is 54.8 Å². The molecular formula is C46H64B8N6. The quantitative estimate of drug-likeness (QED) is 0.148. The first-order chi connectivity index (χ1) is 28.4. The smallest absolute Gasteiger partial charge is 0.172 e. The number of aromatic nitrogens is 6. The Morgan fingerprint density at radius 3 is 0.883 bits per heavy atom. The van der Waals surface area contributed by atoms with Crippen LogP contribution in [0, 0.1) is 0 Å². The third-order valence-corrected chi connectivity index (χ3v) is 11.1. The van der Waals surface area contributed by atoms with Gasteiger partial charge < -0.3 is 0 Å². The Morgan fingerprint density at radius 1 is 0.300 bits per heavy atom. The summed E-state index contributed by atoms with van der Waals surface area (Å²) in [6.45, 7) is 39.2. The van der Waals surface area contributed by atoms with Crippen LogP contribution in [0.2, 0.25) is 109 Å². The number of nitrogens with zero attached hydrogens (tertiary/aromatic N) is 6. The number of pyridine rings is 6. The molecule has 6 aromatic heterocycles. The molecule has 0 saturated carbocycles. The molecule has 0 aromatic carbocycles. The Hall–Kier alpha value is -4.58. The first-order valence-electron chi connectivity index (χ1n) is 22.2. The highest BCUT2D eigenvalue weighted by Gasteiger charge is 2.22. The van der Waals surface area contributed by atoms with Gasteiger partial charge in [-0.15, -0.1) is 0 Å². The lowest BCUT2D eigenvalue weighted by molar-refractivity contribution is 1.26. The molecule has 0 aliphatic heterocycles. The van der Waals surface area contributed by atoms with Crippen molar-refractivity contribution in [3.05, 3.63) is 98.1 Å². The lowest BCUT2D eigenvalue weighted by Crippen LogP contribution is -2.38. The minimum absolute atomic E-state index is 0.429. The summed E-state index contributed by atoms with van der Waals surface area (Å²) in [5, 5.41) is 0. The summed E-state index contributed by atoms with van der Waals surface area (Å²) in [6.07, 6.45) is 15.6. The Labute approximate surface area is 366 Å².